The molecule has 0 aromatic rings. The molecule has 0 fully saturated rings. The number of aliphatic hydroxyl groups is 2. The molecule has 0 radical (unpaired) electrons. The molecular weight excluding hydrogens is 106 g/mol. The van der Waals surface area contributed by atoms with Gasteiger partial charge in [-0.25, -0.2) is 0 Å². The van der Waals surface area contributed by atoms with Gasteiger partial charge in [0.25, 0.3) is 0 Å². The van der Waals surface area contributed by atoms with Crippen LogP contribution in [0.5, 0.6) is 0 Å². The van der Waals surface area contributed by atoms with Gasteiger partial charge in [-0.3, -0.25) is 0 Å². The van der Waals surface area contributed by atoms with Crippen molar-refractivity contribution in [2.75, 3.05) is 6.61 Å². The number of hydrogen-bond donors (Lipinski definition) is 3. The van der Waals surface area contributed by atoms with E-state index in [1.807, 2.05) is 6.92 Å². The summed E-state index contributed by atoms with van der Waals surface area (Å²) < 4.78 is 0. The van der Waals surface area contributed by atoms with Gasteiger partial charge >= 0.3 is 0 Å². The van der Waals surface area contributed by atoms with E-state index in [1.165, 1.54) is 0 Å². The molecule has 0 saturated carbocycles. The highest BCUT2D eigenvalue weighted by atomic mass is 16.3. The first-order valence-corrected chi connectivity index (χ1v) is 2.60. The number of aliphatic hydroxyl groups excluding tert-OH is 2. The maximum absolute atomic E-state index is 8.61. The molecule has 3 nitrogen and oxygen atoms in total. The molecule has 0 aliphatic carbocycles. The quantitative estimate of drug-likeness (QED) is 0.502. The molecule has 0 rings (SSSR count). The summed E-state index contributed by atoms with van der Waals surface area (Å²) in [7, 11) is 0. The molecule has 0 spiro atoms. The third-order valence-corrected chi connectivity index (χ3v) is 0.833. The van der Waals surface area contributed by atoms with Crippen molar-refractivity contribution in [3.05, 3.63) is 0 Å². The van der Waals surface area contributed by atoms with E-state index in [0.29, 0.717) is 6.42 Å². The van der Waals surface area contributed by atoms with Gasteiger partial charge in [-0.1, -0.05) is 13.3 Å². The second-order valence-corrected chi connectivity index (χ2v) is 1.63. The molecule has 52 valence electrons. The zero-order valence-corrected chi connectivity index (χ0v) is 5.30. The molecule has 0 aliphatic heterocycles. The Balaban J connectivity index is 0. The Morgan fingerprint density at radius 2 is 2.00 bits per heavy atom. The van der Waals surface area contributed by atoms with Crippen molar-refractivity contribution in [2.24, 2.45) is 0 Å². The van der Waals surface area contributed by atoms with Crippen LogP contribution in [-0.2, 0) is 0 Å². The molecule has 5 N–H and O–H groups in total. The van der Waals surface area contributed by atoms with Gasteiger partial charge in [0.15, 0.2) is 0 Å². The second kappa shape index (κ2) is 6.88. The monoisotopic (exact) mass is 121 g/mol. The van der Waals surface area contributed by atoms with Crippen LogP contribution in [0.25, 0.3) is 0 Å². The van der Waals surface area contributed by atoms with Crippen LogP contribution in [0.4, 0.5) is 0 Å². The van der Waals surface area contributed by atoms with Crippen molar-refractivity contribution < 1.29 is 10.2 Å². The van der Waals surface area contributed by atoms with Crippen LogP contribution in [0.2, 0.25) is 0 Å². The van der Waals surface area contributed by atoms with E-state index in [-0.39, 0.29) is 12.8 Å². The van der Waals surface area contributed by atoms with Gasteiger partial charge in [0.1, 0.15) is 0 Å². The van der Waals surface area contributed by atoms with Crippen molar-refractivity contribution in [1.29, 1.82) is 0 Å². The molecule has 1 unspecified atom stereocenters. The highest BCUT2D eigenvalue weighted by Crippen LogP contribution is 1.92. The van der Waals surface area contributed by atoms with Gasteiger partial charge in [-0.2, -0.15) is 0 Å². The first-order chi connectivity index (χ1) is 3.31. The van der Waals surface area contributed by atoms with E-state index in [4.69, 9.17) is 10.2 Å². The van der Waals surface area contributed by atoms with Crippen molar-refractivity contribution in [3.8, 4) is 0 Å². The van der Waals surface area contributed by atoms with E-state index >= 15 is 0 Å². The Kier molecular flexibility index (Phi) is 9.28. The molecule has 8 heavy (non-hydrogen) atoms. The average Bonchev–Trinajstić information content (AvgIpc) is 1.68. The highest BCUT2D eigenvalue weighted by Gasteiger charge is 1.95. The fraction of sp³-hybridized carbons (Fsp3) is 1.00. The second-order valence-electron chi connectivity index (χ2n) is 1.63. The van der Waals surface area contributed by atoms with Gasteiger partial charge in [0.05, 0.1) is 12.7 Å². The van der Waals surface area contributed by atoms with Crippen molar-refractivity contribution >= 4 is 0 Å². The third-order valence-electron chi connectivity index (χ3n) is 0.833. The van der Waals surface area contributed by atoms with Crippen LogP contribution in [0.15, 0.2) is 0 Å². The van der Waals surface area contributed by atoms with Crippen LogP contribution >= 0.6 is 0 Å². The predicted octanol–water partition coefficient (Wildman–Crippen LogP) is 0.302. The van der Waals surface area contributed by atoms with Crippen LogP contribution in [0.1, 0.15) is 19.8 Å². The smallest absolute Gasteiger partial charge is 0.0770 e. The van der Waals surface area contributed by atoms with Gasteiger partial charge in [0, 0.05) is 0 Å². The number of rotatable bonds is 3. The van der Waals surface area contributed by atoms with Crippen molar-refractivity contribution in [2.45, 2.75) is 25.9 Å². The maximum Gasteiger partial charge on any atom is 0.0770 e. The molecule has 0 saturated heterocycles. The Hall–Kier alpha value is -0.120. The summed E-state index contributed by atoms with van der Waals surface area (Å²) in [5, 5.41) is 16.8. The van der Waals surface area contributed by atoms with Crippen LogP contribution in [0, 0.1) is 0 Å². The minimum atomic E-state index is -0.495. The van der Waals surface area contributed by atoms with E-state index in [2.05, 4.69) is 0 Å². The Morgan fingerprint density at radius 3 is 2.12 bits per heavy atom. The van der Waals surface area contributed by atoms with Crippen LogP contribution < -0.4 is 6.15 Å². The zero-order valence-electron chi connectivity index (χ0n) is 5.30. The normalized spacial score (nSPS) is 12.4. The van der Waals surface area contributed by atoms with E-state index in [0.717, 1.165) is 6.42 Å². The Labute approximate surface area is 49.9 Å². The van der Waals surface area contributed by atoms with Gasteiger partial charge < -0.3 is 16.4 Å². The lowest BCUT2D eigenvalue weighted by molar-refractivity contribution is 0.0877. The van der Waals surface area contributed by atoms with Gasteiger partial charge in [-0.15, -0.1) is 0 Å². The molecule has 3 heteroatoms. The summed E-state index contributed by atoms with van der Waals surface area (Å²) in [6.07, 6.45) is 1.14. The molecule has 0 amide bonds. The maximum atomic E-state index is 8.61. The number of hydrogen-bond acceptors (Lipinski definition) is 3. The lowest BCUT2D eigenvalue weighted by Gasteiger charge is -2.01. The topological polar surface area (TPSA) is 75.5 Å². The molecule has 0 aliphatic rings. The summed E-state index contributed by atoms with van der Waals surface area (Å²) in [6.45, 7) is 1.87. The van der Waals surface area contributed by atoms with E-state index < -0.39 is 6.10 Å². The average molecular weight is 121 g/mol. The summed E-state index contributed by atoms with van der Waals surface area (Å²) in [5.41, 5.74) is 0. The Bertz CT molecular complexity index is 41.4. The fourth-order valence-corrected chi connectivity index (χ4v) is 0.425. The van der Waals surface area contributed by atoms with Crippen LogP contribution in [0.3, 0.4) is 0 Å². The van der Waals surface area contributed by atoms with E-state index in [1.54, 1.807) is 0 Å². The van der Waals surface area contributed by atoms with Gasteiger partial charge in [-0.05, 0) is 6.42 Å². The lowest BCUT2D eigenvalue weighted by atomic mass is 10.2. The molecule has 0 aromatic heterocycles. The summed E-state index contributed by atoms with van der Waals surface area (Å²) >= 11 is 0. The molecule has 0 bridgehead atoms. The highest BCUT2D eigenvalue weighted by molar-refractivity contribution is 4.48. The predicted molar refractivity (Wildman–Crippen MR) is 33.0 cm³/mol. The zero-order chi connectivity index (χ0) is 5.70. The third kappa shape index (κ3) is 5.88. The fourth-order valence-electron chi connectivity index (χ4n) is 0.425. The molecule has 0 aromatic carbocycles. The van der Waals surface area contributed by atoms with E-state index in [9.17, 15) is 0 Å². The summed E-state index contributed by atoms with van der Waals surface area (Å²) in [6, 6.07) is 0. The van der Waals surface area contributed by atoms with Crippen LogP contribution in [-0.4, -0.2) is 22.9 Å². The van der Waals surface area contributed by atoms with Gasteiger partial charge in [0.2, 0.25) is 0 Å². The molecule has 1 atom stereocenters. The SMILES string of the molecule is CCCC(O)CO.N. The summed E-state index contributed by atoms with van der Waals surface area (Å²) in [5.74, 6) is 0. The largest absolute Gasteiger partial charge is 0.394 e. The first kappa shape index (κ1) is 10.8. The first-order valence-electron chi connectivity index (χ1n) is 2.60. The van der Waals surface area contributed by atoms with Crippen molar-refractivity contribution in [1.82, 2.24) is 6.15 Å². The minimum Gasteiger partial charge on any atom is -0.394 e. The van der Waals surface area contributed by atoms with Crippen molar-refractivity contribution in [3.63, 3.8) is 0 Å². The standard InChI is InChI=1S/C5H12O2.H3N/c1-2-3-5(7)4-6;/h5-7H,2-4H2,1H3;1H3. The lowest BCUT2D eigenvalue weighted by Crippen LogP contribution is -2.10. The molecule has 0 heterocycles. The molecular formula is C5H15NO2. The Morgan fingerprint density at radius 1 is 1.50 bits per heavy atom. The summed E-state index contributed by atoms with van der Waals surface area (Å²) in [4.78, 5) is 0. The minimum absolute atomic E-state index is 0.